The number of halogens is 2. The molecule has 0 aliphatic rings. The van der Waals surface area contributed by atoms with Crippen LogP contribution in [-0.4, -0.2) is 7.11 Å². The number of nitrogens with two attached hydrogens (primary N) is 1. The third-order valence-electron chi connectivity index (χ3n) is 2.95. The fourth-order valence-corrected chi connectivity index (χ4v) is 2.14. The van der Waals surface area contributed by atoms with Crippen molar-refractivity contribution in [1.29, 1.82) is 0 Å². The highest BCUT2D eigenvalue weighted by atomic mass is 35.5. The van der Waals surface area contributed by atoms with Gasteiger partial charge in [-0.1, -0.05) is 29.8 Å². The predicted octanol–water partition coefficient (Wildman–Crippen LogP) is 3.73. The number of hydrogen-bond acceptors (Lipinski definition) is 2. The van der Waals surface area contributed by atoms with Crippen LogP contribution in [0.5, 0.6) is 5.75 Å². The molecule has 0 amide bonds. The van der Waals surface area contributed by atoms with Gasteiger partial charge in [0.05, 0.1) is 7.11 Å². The molecule has 0 radical (unpaired) electrons. The maximum Gasteiger partial charge on any atom is 0.165 e. The van der Waals surface area contributed by atoms with E-state index in [2.05, 4.69) is 0 Å². The molecule has 0 bridgehead atoms. The van der Waals surface area contributed by atoms with E-state index in [0.29, 0.717) is 11.4 Å². The first-order valence-electron chi connectivity index (χ1n) is 5.93. The molecule has 0 saturated carbocycles. The molecule has 0 saturated heterocycles. The van der Waals surface area contributed by atoms with Crippen molar-refractivity contribution in [3.05, 3.63) is 64.4 Å². The molecule has 0 fully saturated rings. The predicted molar refractivity (Wildman–Crippen MR) is 75.0 cm³/mol. The van der Waals surface area contributed by atoms with E-state index in [1.807, 2.05) is 24.3 Å². The molecular formula is C15H15ClFNO. The fourth-order valence-electron chi connectivity index (χ4n) is 1.95. The first-order valence-corrected chi connectivity index (χ1v) is 6.31. The number of rotatable bonds is 4. The number of benzene rings is 2. The van der Waals surface area contributed by atoms with Gasteiger partial charge in [-0.3, -0.25) is 0 Å². The van der Waals surface area contributed by atoms with E-state index in [1.165, 1.54) is 13.2 Å². The number of methoxy groups -OCH3 is 1. The first-order chi connectivity index (χ1) is 9.10. The van der Waals surface area contributed by atoms with Crippen molar-refractivity contribution in [2.45, 2.75) is 12.5 Å². The van der Waals surface area contributed by atoms with Crippen molar-refractivity contribution in [1.82, 2.24) is 0 Å². The Kier molecular flexibility index (Phi) is 4.40. The molecule has 2 N–H and O–H groups in total. The van der Waals surface area contributed by atoms with E-state index in [1.54, 1.807) is 12.1 Å². The van der Waals surface area contributed by atoms with E-state index in [-0.39, 0.29) is 17.6 Å². The van der Waals surface area contributed by atoms with Crippen molar-refractivity contribution in [3.63, 3.8) is 0 Å². The summed E-state index contributed by atoms with van der Waals surface area (Å²) in [5.74, 6) is -0.140. The third-order valence-corrected chi connectivity index (χ3v) is 3.18. The molecule has 0 aliphatic carbocycles. The molecule has 0 aliphatic heterocycles. The minimum absolute atomic E-state index is 0.216. The molecule has 100 valence electrons. The quantitative estimate of drug-likeness (QED) is 0.925. The van der Waals surface area contributed by atoms with Crippen LogP contribution in [0, 0.1) is 5.82 Å². The molecule has 2 aromatic carbocycles. The zero-order chi connectivity index (χ0) is 13.8. The van der Waals surface area contributed by atoms with Crippen LogP contribution in [0.4, 0.5) is 4.39 Å². The van der Waals surface area contributed by atoms with Gasteiger partial charge >= 0.3 is 0 Å². The van der Waals surface area contributed by atoms with Gasteiger partial charge in [-0.25, -0.2) is 4.39 Å². The summed E-state index contributed by atoms with van der Waals surface area (Å²) in [6.45, 7) is 0. The average molecular weight is 280 g/mol. The highest BCUT2D eigenvalue weighted by molar-refractivity contribution is 6.30. The average Bonchev–Trinajstić information content (AvgIpc) is 2.39. The van der Waals surface area contributed by atoms with Crippen molar-refractivity contribution < 1.29 is 9.13 Å². The van der Waals surface area contributed by atoms with Crippen LogP contribution >= 0.6 is 11.6 Å². The van der Waals surface area contributed by atoms with Crippen molar-refractivity contribution >= 4 is 11.6 Å². The minimum Gasteiger partial charge on any atom is -0.494 e. The zero-order valence-corrected chi connectivity index (χ0v) is 11.3. The summed E-state index contributed by atoms with van der Waals surface area (Å²) in [5.41, 5.74) is 7.86. The molecule has 1 atom stereocenters. The number of hydrogen-bond donors (Lipinski definition) is 1. The van der Waals surface area contributed by atoms with Gasteiger partial charge in [0.15, 0.2) is 11.6 Å². The molecule has 0 spiro atoms. The Hall–Kier alpha value is -1.58. The van der Waals surface area contributed by atoms with E-state index in [9.17, 15) is 4.39 Å². The van der Waals surface area contributed by atoms with Crippen LogP contribution in [-0.2, 0) is 6.42 Å². The molecule has 19 heavy (non-hydrogen) atoms. The minimum atomic E-state index is -0.377. The summed E-state index contributed by atoms with van der Waals surface area (Å²) in [7, 11) is 1.44. The first kappa shape index (κ1) is 13.8. The lowest BCUT2D eigenvalue weighted by Crippen LogP contribution is -2.13. The molecule has 0 heterocycles. The van der Waals surface area contributed by atoms with Gasteiger partial charge < -0.3 is 10.5 Å². The molecule has 1 unspecified atom stereocenters. The monoisotopic (exact) mass is 279 g/mol. The van der Waals surface area contributed by atoms with Gasteiger partial charge in [0.2, 0.25) is 0 Å². The summed E-state index contributed by atoms with van der Waals surface area (Å²) in [4.78, 5) is 0. The lowest BCUT2D eigenvalue weighted by atomic mass is 9.99. The second-order valence-corrected chi connectivity index (χ2v) is 4.77. The smallest absolute Gasteiger partial charge is 0.165 e. The van der Waals surface area contributed by atoms with E-state index in [4.69, 9.17) is 22.1 Å². The van der Waals surface area contributed by atoms with Gasteiger partial charge in [-0.2, -0.15) is 0 Å². The Morgan fingerprint density at radius 2 is 2.05 bits per heavy atom. The Morgan fingerprint density at radius 1 is 1.26 bits per heavy atom. The largest absolute Gasteiger partial charge is 0.494 e. The molecular weight excluding hydrogens is 265 g/mol. The normalized spacial score (nSPS) is 12.2. The van der Waals surface area contributed by atoms with Crippen LogP contribution in [0.1, 0.15) is 17.2 Å². The van der Waals surface area contributed by atoms with Gasteiger partial charge in [-0.15, -0.1) is 0 Å². The Balaban J connectivity index is 2.14. The van der Waals surface area contributed by atoms with E-state index < -0.39 is 0 Å². The SMILES string of the molecule is COc1ccc(CC(N)c2cccc(Cl)c2)cc1F. The highest BCUT2D eigenvalue weighted by Gasteiger charge is 2.10. The summed E-state index contributed by atoms with van der Waals surface area (Å²) in [6, 6.07) is 12.0. The second-order valence-electron chi connectivity index (χ2n) is 4.33. The molecule has 0 aromatic heterocycles. The zero-order valence-electron chi connectivity index (χ0n) is 10.6. The topological polar surface area (TPSA) is 35.2 Å². The Morgan fingerprint density at radius 3 is 2.68 bits per heavy atom. The maximum atomic E-state index is 13.6. The van der Waals surface area contributed by atoms with Crippen molar-refractivity contribution in [2.24, 2.45) is 5.73 Å². The van der Waals surface area contributed by atoms with Crippen LogP contribution in [0.2, 0.25) is 5.02 Å². The van der Waals surface area contributed by atoms with Gasteiger partial charge in [0, 0.05) is 11.1 Å². The molecule has 2 nitrogen and oxygen atoms in total. The van der Waals surface area contributed by atoms with E-state index in [0.717, 1.165) is 11.1 Å². The van der Waals surface area contributed by atoms with Crippen molar-refractivity contribution in [2.75, 3.05) is 7.11 Å². The fraction of sp³-hybridized carbons (Fsp3) is 0.200. The third kappa shape index (κ3) is 3.46. The summed E-state index contributed by atoms with van der Waals surface area (Å²) < 4.78 is 18.5. The van der Waals surface area contributed by atoms with Crippen LogP contribution in [0.25, 0.3) is 0 Å². The van der Waals surface area contributed by atoms with E-state index >= 15 is 0 Å². The summed E-state index contributed by atoms with van der Waals surface area (Å²) >= 11 is 5.92. The van der Waals surface area contributed by atoms with Gasteiger partial charge in [-0.05, 0) is 41.8 Å². The van der Waals surface area contributed by atoms with Gasteiger partial charge in [0.1, 0.15) is 0 Å². The summed E-state index contributed by atoms with van der Waals surface area (Å²) in [6.07, 6.45) is 0.543. The van der Waals surface area contributed by atoms with Crippen molar-refractivity contribution in [3.8, 4) is 5.75 Å². The maximum absolute atomic E-state index is 13.6. The molecule has 2 aromatic rings. The van der Waals surface area contributed by atoms with Crippen LogP contribution in [0.3, 0.4) is 0 Å². The summed E-state index contributed by atoms with van der Waals surface area (Å²) in [5, 5.41) is 0.647. The Bertz CT molecular complexity index is 574. The Labute approximate surface area is 117 Å². The van der Waals surface area contributed by atoms with Crippen LogP contribution < -0.4 is 10.5 Å². The molecule has 2 rings (SSSR count). The number of ether oxygens (including phenoxy) is 1. The lowest BCUT2D eigenvalue weighted by Gasteiger charge is -2.13. The standard InChI is InChI=1S/C15H15ClFNO/c1-19-15-6-5-10(7-13(15)17)8-14(18)11-3-2-4-12(16)9-11/h2-7,9,14H,8,18H2,1H3. The van der Waals surface area contributed by atoms with Crippen LogP contribution in [0.15, 0.2) is 42.5 Å². The second kappa shape index (κ2) is 6.04. The molecule has 4 heteroatoms. The van der Waals surface area contributed by atoms with Gasteiger partial charge in [0.25, 0.3) is 0 Å². The lowest BCUT2D eigenvalue weighted by molar-refractivity contribution is 0.386. The highest BCUT2D eigenvalue weighted by Crippen LogP contribution is 2.23.